The fourth-order valence-electron chi connectivity index (χ4n) is 1.41. The molecule has 0 saturated carbocycles. The van der Waals surface area contributed by atoms with Crippen LogP contribution < -0.4 is 0 Å². The van der Waals surface area contributed by atoms with Crippen LogP contribution in [0.25, 0.3) is 10.9 Å². The van der Waals surface area contributed by atoms with Crippen molar-refractivity contribution in [1.82, 2.24) is 4.98 Å². The van der Waals surface area contributed by atoms with E-state index in [0.717, 1.165) is 16.5 Å². The fraction of sp³-hybridized carbons (Fsp3) is 0.0909. The lowest BCUT2D eigenvalue weighted by atomic mass is 10.1. The molecule has 0 unspecified atom stereocenters. The zero-order chi connectivity index (χ0) is 9.80. The molecule has 1 aromatic heterocycles. The second-order valence-electron chi connectivity index (χ2n) is 2.90. The van der Waals surface area contributed by atoms with Gasteiger partial charge in [0.25, 0.3) is 6.47 Å². The largest absolute Gasteiger partial charge is 0.463 e. The number of nitrogens with zero attached hydrogens (tertiary/aromatic N) is 1. The summed E-state index contributed by atoms with van der Waals surface area (Å²) >= 11 is 0. The molecule has 2 aromatic rings. The van der Waals surface area contributed by atoms with E-state index in [1.165, 1.54) is 0 Å². The van der Waals surface area contributed by atoms with E-state index >= 15 is 0 Å². The minimum atomic E-state index is 0.276. The molecule has 0 bridgehead atoms. The summed E-state index contributed by atoms with van der Waals surface area (Å²) in [5.74, 6) is 0. The zero-order valence-corrected chi connectivity index (χ0v) is 7.51. The molecule has 0 radical (unpaired) electrons. The van der Waals surface area contributed by atoms with Crippen LogP contribution >= 0.6 is 0 Å². The maximum absolute atomic E-state index is 10.1. The molecular formula is C11H9NO2. The second-order valence-corrected chi connectivity index (χ2v) is 2.90. The predicted molar refractivity (Wildman–Crippen MR) is 52.6 cm³/mol. The predicted octanol–water partition coefficient (Wildman–Crippen LogP) is 1.91. The van der Waals surface area contributed by atoms with E-state index in [2.05, 4.69) is 4.98 Å². The quantitative estimate of drug-likeness (QED) is 0.689. The number of para-hydroxylation sites is 1. The average molecular weight is 187 g/mol. The molecule has 0 atom stereocenters. The van der Waals surface area contributed by atoms with Gasteiger partial charge in [0, 0.05) is 17.1 Å². The van der Waals surface area contributed by atoms with Crippen molar-refractivity contribution in [2.75, 3.05) is 0 Å². The summed E-state index contributed by atoms with van der Waals surface area (Å²) < 4.78 is 4.71. The first-order valence-corrected chi connectivity index (χ1v) is 4.29. The van der Waals surface area contributed by atoms with Gasteiger partial charge in [-0.3, -0.25) is 9.78 Å². The molecule has 3 nitrogen and oxygen atoms in total. The summed E-state index contributed by atoms with van der Waals surface area (Å²) in [6.07, 6.45) is 1.73. The highest BCUT2D eigenvalue weighted by Crippen LogP contribution is 2.16. The molecule has 2 rings (SSSR count). The van der Waals surface area contributed by atoms with Crippen molar-refractivity contribution in [2.45, 2.75) is 6.61 Å². The van der Waals surface area contributed by atoms with Crippen molar-refractivity contribution in [3.05, 3.63) is 42.1 Å². The number of pyridine rings is 1. The number of aromatic nitrogens is 1. The average Bonchev–Trinajstić information content (AvgIpc) is 2.26. The van der Waals surface area contributed by atoms with Gasteiger partial charge in [0.05, 0.1) is 5.52 Å². The number of rotatable bonds is 3. The number of hydrogen-bond acceptors (Lipinski definition) is 3. The molecule has 0 N–H and O–H groups in total. The third kappa shape index (κ3) is 1.57. The Labute approximate surface area is 81.3 Å². The minimum Gasteiger partial charge on any atom is -0.463 e. The molecule has 0 spiro atoms. The number of fused-ring (bicyclic) bond motifs is 1. The van der Waals surface area contributed by atoms with Crippen molar-refractivity contribution in [1.29, 1.82) is 0 Å². The van der Waals surface area contributed by atoms with E-state index in [9.17, 15) is 4.79 Å². The molecule has 0 saturated heterocycles. The molecule has 70 valence electrons. The minimum absolute atomic E-state index is 0.276. The van der Waals surface area contributed by atoms with E-state index in [1.807, 2.05) is 30.3 Å². The normalized spacial score (nSPS) is 10.0. The van der Waals surface area contributed by atoms with Gasteiger partial charge in [-0.05, 0) is 6.07 Å². The van der Waals surface area contributed by atoms with Crippen LogP contribution in [0.1, 0.15) is 5.56 Å². The highest BCUT2D eigenvalue weighted by Gasteiger charge is 2.00. The first-order chi connectivity index (χ1) is 6.92. The van der Waals surface area contributed by atoms with Crippen LogP contribution in [0.5, 0.6) is 0 Å². The Morgan fingerprint density at radius 3 is 3.00 bits per heavy atom. The smallest absolute Gasteiger partial charge is 0.293 e. The van der Waals surface area contributed by atoms with Gasteiger partial charge in [-0.15, -0.1) is 0 Å². The van der Waals surface area contributed by atoms with E-state index in [4.69, 9.17) is 4.74 Å². The highest BCUT2D eigenvalue weighted by molar-refractivity contribution is 5.81. The van der Waals surface area contributed by atoms with Gasteiger partial charge < -0.3 is 4.74 Å². The summed E-state index contributed by atoms with van der Waals surface area (Å²) in [6, 6.07) is 9.67. The molecule has 1 heterocycles. The van der Waals surface area contributed by atoms with E-state index < -0.39 is 0 Å². The second kappa shape index (κ2) is 3.87. The molecule has 0 aliphatic carbocycles. The summed E-state index contributed by atoms with van der Waals surface area (Å²) in [5.41, 5.74) is 1.81. The summed E-state index contributed by atoms with van der Waals surface area (Å²) in [6.45, 7) is 0.722. The van der Waals surface area contributed by atoms with E-state index in [-0.39, 0.29) is 6.61 Å². The summed E-state index contributed by atoms with van der Waals surface area (Å²) in [5, 5.41) is 1.06. The Morgan fingerprint density at radius 1 is 1.29 bits per heavy atom. The molecule has 0 fully saturated rings. The fourth-order valence-corrected chi connectivity index (χ4v) is 1.41. The Morgan fingerprint density at radius 2 is 2.14 bits per heavy atom. The van der Waals surface area contributed by atoms with Crippen LogP contribution in [0.15, 0.2) is 36.5 Å². The van der Waals surface area contributed by atoms with Crippen LogP contribution in [-0.4, -0.2) is 11.5 Å². The van der Waals surface area contributed by atoms with E-state index in [0.29, 0.717) is 6.47 Å². The van der Waals surface area contributed by atoms with Gasteiger partial charge in [0.2, 0.25) is 0 Å². The first-order valence-electron chi connectivity index (χ1n) is 4.29. The van der Waals surface area contributed by atoms with Crippen LogP contribution in [0, 0.1) is 0 Å². The molecule has 0 aliphatic rings. The Balaban J connectivity index is 2.48. The number of ether oxygens (including phenoxy) is 1. The van der Waals surface area contributed by atoms with Gasteiger partial charge in [-0.1, -0.05) is 24.3 Å². The van der Waals surface area contributed by atoms with E-state index in [1.54, 1.807) is 6.20 Å². The third-order valence-corrected chi connectivity index (χ3v) is 2.02. The number of benzene rings is 1. The topological polar surface area (TPSA) is 39.2 Å². The molecule has 3 heteroatoms. The van der Waals surface area contributed by atoms with Gasteiger partial charge in [-0.25, -0.2) is 0 Å². The van der Waals surface area contributed by atoms with Crippen LogP contribution in [0.3, 0.4) is 0 Å². The molecule has 14 heavy (non-hydrogen) atoms. The van der Waals surface area contributed by atoms with Crippen molar-refractivity contribution in [3.8, 4) is 0 Å². The number of carbonyl (C=O) groups is 1. The molecule has 0 amide bonds. The van der Waals surface area contributed by atoms with Crippen LogP contribution in [0.2, 0.25) is 0 Å². The molecule has 1 aromatic carbocycles. The lowest BCUT2D eigenvalue weighted by Gasteiger charge is -2.03. The van der Waals surface area contributed by atoms with Crippen LogP contribution in [0.4, 0.5) is 0 Å². The van der Waals surface area contributed by atoms with Gasteiger partial charge >= 0.3 is 0 Å². The highest BCUT2D eigenvalue weighted by atomic mass is 16.5. The van der Waals surface area contributed by atoms with Gasteiger partial charge in [0.15, 0.2) is 0 Å². The lowest BCUT2D eigenvalue weighted by Crippen LogP contribution is -1.92. The summed E-state index contributed by atoms with van der Waals surface area (Å²) in [4.78, 5) is 14.3. The maximum Gasteiger partial charge on any atom is 0.293 e. The zero-order valence-electron chi connectivity index (χ0n) is 7.51. The first kappa shape index (κ1) is 8.69. The van der Waals surface area contributed by atoms with Gasteiger partial charge in [0.1, 0.15) is 6.61 Å². The maximum atomic E-state index is 10.1. The van der Waals surface area contributed by atoms with Crippen LogP contribution in [-0.2, 0) is 16.1 Å². The number of carbonyl (C=O) groups excluding carboxylic acids is 1. The third-order valence-electron chi connectivity index (χ3n) is 2.02. The Bertz CT molecular complexity index is 448. The lowest BCUT2D eigenvalue weighted by molar-refractivity contribution is -0.129. The van der Waals surface area contributed by atoms with Crippen molar-refractivity contribution >= 4 is 17.4 Å². The molecular weight excluding hydrogens is 178 g/mol. The monoisotopic (exact) mass is 187 g/mol. The Hall–Kier alpha value is -1.90. The van der Waals surface area contributed by atoms with Crippen molar-refractivity contribution in [2.24, 2.45) is 0 Å². The van der Waals surface area contributed by atoms with Crippen molar-refractivity contribution < 1.29 is 9.53 Å². The molecule has 0 aliphatic heterocycles. The standard InChI is InChI=1S/C11H9NO2/c13-8-14-7-10-4-1-3-9-5-2-6-12-11(9)10/h1-6,8H,7H2. The Kier molecular flexibility index (Phi) is 2.40. The van der Waals surface area contributed by atoms with Crippen molar-refractivity contribution in [3.63, 3.8) is 0 Å². The summed E-state index contributed by atoms with van der Waals surface area (Å²) in [7, 11) is 0. The number of hydrogen-bond donors (Lipinski definition) is 0. The SMILES string of the molecule is O=COCc1cccc2cccnc12. The van der Waals surface area contributed by atoms with Gasteiger partial charge in [-0.2, -0.15) is 0 Å².